The van der Waals surface area contributed by atoms with E-state index in [1.54, 1.807) is 0 Å². The smallest absolute Gasteiger partial charge is 0.123 e. The van der Waals surface area contributed by atoms with Gasteiger partial charge in [-0.2, -0.15) is 5.10 Å². The standard InChI is InChI=1S/C18H27N3O.ClH/c1-3-11-19-13-5-7-14(8-6-13)22-18-10-9-17-16(12-20-21-17)15(18)4-2;/h9-10,12-14,19H,3-8,11H2,1-2H3,(H,20,21);1H/t13-,14+;. The Hall–Kier alpha value is -1.26. The highest BCUT2D eigenvalue weighted by molar-refractivity contribution is 5.85. The Bertz CT molecular complexity index is 605. The number of hydrogen-bond acceptors (Lipinski definition) is 3. The fourth-order valence-corrected chi connectivity index (χ4v) is 3.44. The van der Waals surface area contributed by atoms with Crippen molar-refractivity contribution in [3.63, 3.8) is 0 Å². The van der Waals surface area contributed by atoms with Crippen LogP contribution in [-0.2, 0) is 6.42 Å². The lowest BCUT2D eigenvalue weighted by Crippen LogP contribution is -2.36. The largest absolute Gasteiger partial charge is 0.490 e. The number of aromatic nitrogens is 2. The van der Waals surface area contributed by atoms with Gasteiger partial charge in [0, 0.05) is 17.0 Å². The molecule has 5 heteroatoms. The SMILES string of the molecule is CCCN[C@H]1CC[C@@H](Oc2ccc3[nH]ncc3c2CC)CC1.Cl. The first-order chi connectivity index (χ1) is 10.8. The van der Waals surface area contributed by atoms with Crippen LogP contribution in [0.15, 0.2) is 18.3 Å². The van der Waals surface area contributed by atoms with Crippen LogP contribution in [0.25, 0.3) is 10.9 Å². The lowest BCUT2D eigenvalue weighted by molar-refractivity contribution is 0.139. The fourth-order valence-electron chi connectivity index (χ4n) is 3.44. The Morgan fingerprint density at radius 2 is 2.00 bits per heavy atom. The molecule has 1 aliphatic carbocycles. The molecule has 4 nitrogen and oxygen atoms in total. The molecule has 1 aliphatic rings. The zero-order valence-corrected chi connectivity index (χ0v) is 14.9. The van der Waals surface area contributed by atoms with Crippen LogP contribution in [0.4, 0.5) is 0 Å². The summed E-state index contributed by atoms with van der Waals surface area (Å²) in [5.41, 5.74) is 2.37. The van der Waals surface area contributed by atoms with Crippen molar-refractivity contribution in [3.8, 4) is 5.75 Å². The van der Waals surface area contributed by atoms with Crippen LogP contribution in [0.3, 0.4) is 0 Å². The molecule has 0 amide bonds. The van der Waals surface area contributed by atoms with E-state index in [4.69, 9.17) is 4.74 Å². The van der Waals surface area contributed by atoms with Crippen molar-refractivity contribution in [2.75, 3.05) is 6.54 Å². The minimum absolute atomic E-state index is 0. The summed E-state index contributed by atoms with van der Waals surface area (Å²) >= 11 is 0. The van der Waals surface area contributed by atoms with Crippen LogP contribution in [0, 0.1) is 0 Å². The normalized spacial score (nSPS) is 21.1. The van der Waals surface area contributed by atoms with Crippen LogP contribution >= 0.6 is 12.4 Å². The zero-order valence-electron chi connectivity index (χ0n) is 14.1. The molecule has 128 valence electrons. The highest BCUT2D eigenvalue weighted by atomic mass is 35.5. The Labute approximate surface area is 144 Å². The molecule has 1 aromatic heterocycles. The van der Waals surface area contributed by atoms with Gasteiger partial charge >= 0.3 is 0 Å². The molecule has 23 heavy (non-hydrogen) atoms. The fraction of sp³-hybridized carbons (Fsp3) is 0.611. The van der Waals surface area contributed by atoms with Gasteiger partial charge in [0.25, 0.3) is 0 Å². The molecule has 0 atom stereocenters. The monoisotopic (exact) mass is 337 g/mol. The predicted molar refractivity (Wildman–Crippen MR) is 97.7 cm³/mol. The molecule has 3 rings (SSSR count). The number of fused-ring (bicyclic) bond motifs is 1. The number of ether oxygens (including phenoxy) is 1. The number of nitrogens with one attached hydrogen (secondary N) is 2. The van der Waals surface area contributed by atoms with E-state index in [-0.39, 0.29) is 12.4 Å². The van der Waals surface area contributed by atoms with E-state index in [0.717, 1.165) is 37.1 Å². The molecule has 0 aliphatic heterocycles. The van der Waals surface area contributed by atoms with Gasteiger partial charge in [0.2, 0.25) is 0 Å². The van der Waals surface area contributed by atoms with Gasteiger partial charge in [-0.15, -0.1) is 12.4 Å². The minimum Gasteiger partial charge on any atom is -0.490 e. The average Bonchev–Trinajstić information content (AvgIpc) is 3.02. The first-order valence-electron chi connectivity index (χ1n) is 8.66. The summed E-state index contributed by atoms with van der Waals surface area (Å²) < 4.78 is 6.34. The number of halogens is 1. The van der Waals surface area contributed by atoms with E-state index in [1.165, 1.54) is 30.2 Å². The molecular weight excluding hydrogens is 310 g/mol. The minimum atomic E-state index is 0. The van der Waals surface area contributed by atoms with Crippen molar-refractivity contribution in [1.29, 1.82) is 0 Å². The molecule has 1 aromatic carbocycles. The second kappa shape index (κ2) is 8.55. The maximum atomic E-state index is 6.34. The third kappa shape index (κ3) is 4.18. The van der Waals surface area contributed by atoms with Crippen molar-refractivity contribution >= 4 is 23.3 Å². The molecule has 0 radical (unpaired) electrons. The van der Waals surface area contributed by atoms with Crippen molar-refractivity contribution in [1.82, 2.24) is 15.5 Å². The van der Waals surface area contributed by atoms with E-state index in [9.17, 15) is 0 Å². The summed E-state index contributed by atoms with van der Waals surface area (Å²) in [7, 11) is 0. The first kappa shape index (κ1) is 18.1. The summed E-state index contributed by atoms with van der Waals surface area (Å²) in [6.07, 6.45) is 9.18. The molecule has 2 aromatic rings. The van der Waals surface area contributed by atoms with Crippen molar-refractivity contribution < 1.29 is 4.74 Å². The maximum absolute atomic E-state index is 6.34. The maximum Gasteiger partial charge on any atom is 0.123 e. The number of aromatic amines is 1. The van der Waals surface area contributed by atoms with E-state index in [0.29, 0.717) is 12.1 Å². The predicted octanol–water partition coefficient (Wildman–Crippen LogP) is 4.24. The second-order valence-corrected chi connectivity index (χ2v) is 6.27. The molecular formula is C18H28ClN3O. The van der Waals surface area contributed by atoms with Gasteiger partial charge in [-0.1, -0.05) is 13.8 Å². The van der Waals surface area contributed by atoms with Crippen molar-refractivity contribution in [2.45, 2.75) is 64.5 Å². The van der Waals surface area contributed by atoms with Crippen LogP contribution in [-0.4, -0.2) is 28.9 Å². The Morgan fingerprint density at radius 1 is 1.22 bits per heavy atom. The first-order valence-corrected chi connectivity index (χ1v) is 8.66. The highest BCUT2D eigenvalue weighted by Crippen LogP contribution is 2.31. The molecule has 0 saturated heterocycles. The van der Waals surface area contributed by atoms with Gasteiger partial charge in [-0.3, -0.25) is 5.10 Å². The van der Waals surface area contributed by atoms with Crippen LogP contribution < -0.4 is 10.1 Å². The third-order valence-electron chi connectivity index (χ3n) is 4.70. The Morgan fingerprint density at radius 3 is 2.70 bits per heavy atom. The van der Waals surface area contributed by atoms with E-state index in [2.05, 4.69) is 41.5 Å². The summed E-state index contributed by atoms with van der Waals surface area (Å²) in [5.74, 6) is 1.04. The third-order valence-corrected chi connectivity index (χ3v) is 4.70. The number of H-pyrrole nitrogens is 1. The molecule has 0 spiro atoms. The van der Waals surface area contributed by atoms with Gasteiger partial charge < -0.3 is 10.1 Å². The summed E-state index contributed by atoms with van der Waals surface area (Å²) in [6, 6.07) is 4.85. The number of benzene rings is 1. The van der Waals surface area contributed by atoms with Crippen molar-refractivity contribution in [2.24, 2.45) is 0 Å². The molecule has 1 saturated carbocycles. The molecule has 1 heterocycles. The number of nitrogens with zero attached hydrogens (tertiary/aromatic N) is 1. The van der Waals surface area contributed by atoms with Gasteiger partial charge in [-0.05, 0) is 57.2 Å². The summed E-state index contributed by atoms with van der Waals surface area (Å²) in [4.78, 5) is 0. The summed E-state index contributed by atoms with van der Waals surface area (Å²) in [6.45, 7) is 5.54. The Balaban J connectivity index is 0.00000192. The van der Waals surface area contributed by atoms with Gasteiger partial charge in [0.1, 0.15) is 5.75 Å². The van der Waals surface area contributed by atoms with Gasteiger partial charge in [0.15, 0.2) is 0 Å². The molecule has 0 unspecified atom stereocenters. The van der Waals surface area contributed by atoms with E-state index < -0.39 is 0 Å². The Kier molecular flexibility index (Phi) is 6.72. The number of hydrogen-bond donors (Lipinski definition) is 2. The summed E-state index contributed by atoms with van der Waals surface area (Å²) in [5, 5.41) is 12.0. The zero-order chi connectivity index (χ0) is 15.4. The van der Waals surface area contributed by atoms with E-state index in [1.807, 2.05) is 6.20 Å². The van der Waals surface area contributed by atoms with Gasteiger partial charge in [-0.25, -0.2) is 0 Å². The molecule has 0 bridgehead atoms. The molecule has 2 N–H and O–H groups in total. The van der Waals surface area contributed by atoms with Crippen LogP contribution in [0.2, 0.25) is 0 Å². The van der Waals surface area contributed by atoms with Crippen molar-refractivity contribution in [3.05, 3.63) is 23.9 Å². The van der Waals surface area contributed by atoms with Crippen LogP contribution in [0.1, 0.15) is 51.5 Å². The quantitative estimate of drug-likeness (QED) is 0.829. The lowest BCUT2D eigenvalue weighted by atomic mass is 9.92. The van der Waals surface area contributed by atoms with Gasteiger partial charge in [0.05, 0.1) is 17.8 Å². The number of rotatable bonds is 6. The molecule has 1 fully saturated rings. The topological polar surface area (TPSA) is 49.9 Å². The van der Waals surface area contributed by atoms with E-state index >= 15 is 0 Å². The highest BCUT2D eigenvalue weighted by Gasteiger charge is 2.22. The average molecular weight is 338 g/mol. The second-order valence-electron chi connectivity index (χ2n) is 6.27. The van der Waals surface area contributed by atoms with Crippen LogP contribution in [0.5, 0.6) is 5.75 Å². The number of aryl methyl sites for hydroxylation is 1. The lowest BCUT2D eigenvalue weighted by Gasteiger charge is -2.30.